The highest BCUT2D eigenvalue weighted by Crippen LogP contribution is 2.22. The van der Waals surface area contributed by atoms with Crippen LogP contribution in [0.2, 0.25) is 0 Å². The first-order valence-electron chi connectivity index (χ1n) is 6.84. The van der Waals surface area contributed by atoms with Gasteiger partial charge in [-0.05, 0) is 24.0 Å². The molecule has 1 aromatic rings. The predicted octanol–water partition coefficient (Wildman–Crippen LogP) is 1.89. The number of hydrogen-bond acceptors (Lipinski definition) is 3. The Morgan fingerprint density at radius 3 is 2.84 bits per heavy atom. The number of nitrogens with two attached hydrogens (primary N) is 1. The Hall–Kier alpha value is -1.39. The molecule has 2 rings (SSSR count). The molecule has 1 unspecified atom stereocenters. The molecule has 1 aliphatic rings. The zero-order valence-corrected chi connectivity index (χ0v) is 11.4. The number of hydrogen-bond donors (Lipinski definition) is 2. The van der Waals surface area contributed by atoms with Crippen LogP contribution in [0.5, 0.6) is 0 Å². The van der Waals surface area contributed by atoms with Crippen LogP contribution in [-0.4, -0.2) is 19.1 Å². The van der Waals surface area contributed by atoms with Crippen LogP contribution in [0.3, 0.4) is 0 Å². The van der Waals surface area contributed by atoms with Gasteiger partial charge < -0.3 is 10.5 Å². The first-order chi connectivity index (χ1) is 9.20. The van der Waals surface area contributed by atoms with Crippen molar-refractivity contribution in [1.82, 2.24) is 5.32 Å². The molecule has 1 saturated carbocycles. The largest absolute Gasteiger partial charge is 0.380 e. The number of benzene rings is 1. The van der Waals surface area contributed by atoms with E-state index in [4.69, 9.17) is 10.5 Å². The highest BCUT2D eigenvalue weighted by atomic mass is 16.5. The quantitative estimate of drug-likeness (QED) is 0.823. The van der Waals surface area contributed by atoms with Crippen LogP contribution >= 0.6 is 0 Å². The highest BCUT2D eigenvalue weighted by Gasteiger charge is 2.23. The molecular weight excluding hydrogens is 240 g/mol. The smallest absolute Gasteiger partial charge is 0.239 e. The van der Waals surface area contributed by atoms with Gasteiger partial charge in [0, 0.05) is 13.2 Å². The van der Waals surface area contributed by atoms with Crippen molar-refractivity contribution < 1.29 is 9.53 Å². The monoisotopic (exact) mass is 262 g/mol. The van der Waals surface area contributed by atoms with Crippen molar-refractivity contribution in [2.24, 2.45) is 5.73 Å². The molecule has 4 heteroatoms. The molecule has 0 heterocycles. The van der Waals surface area contributed by atoms with Gasteiger partial charge in [0.05, 0.1) is 6.61 Å². The summed E-state index contributed by atoms with van der Waals surface area (Å²) in [5.41, 5.74) is 7.52. The molecule has 0 aromatic heterocycles. The predicted molar refractivity (Wildman–Crippen MR) is 74.5 cm³/mol. The summed E-state index contributed by atoms with van der Waals surface area (Å²) in [4.78, 5) is 11.7. The maximum Gasteiger partial charge on any atom is 0.239 e. The van der Waals surface area contributed by atoms with E-state index in [9.17, 15) is 4.79 Å². The molecule has 4 nitrogen and oxygen atoms in total. The van der Waals surface area contributed by atoms with Gasteiger partial charge in [0.1, 0.15) is 6.04 Å². The van der Waals surface area contributed by atoms with Crippen molar-refractivity contribution >= 4 is 5.91 Å². The second kappa shape index (κ2) is 6.68. The molecule has 0 radical (unpaired) electrons. The second-order valence-corrected chi connectivity index (χ2v) is 5.16. The van der Waals surface area contributed by atoms with Crippen LogP contribution in [0.4, 0.5) is 0 Å². The molecule has 1 amide bonds. The van der Waals surface area contributed by atoms with Crippen LogP contribution < -0.4 is 11.1 Å². The molecule has 0 aliphatic heterocycles. The first-order valence-corrected chi connectivity index (χ1v) is 6.84. The number of carbonyl (C=O) groups excluding carboxylic acids is 1. The standard InChI is InChI=1S/C15H22N2O2/c1-19-10-11-5-4-6-12(9-11)14(15(16)18)17-13-7-2-3-8-13/h4-6,9,13-14,17H,2-3,7-8,10H2,1H3,(H2,16,18). The Labute approximate surface area is 114 Å². The Morgan fingerprint density at radius 2 is 2.21 bits per heavy atom. The van der Waals surface area contributed by atoms with E-state index >= 15 is 0 Å². The number of ether oxygens (including phenoxy) is 1. The molecule has 0 spiro atoms. The number of primary amides is 1. The molecule has 3 N–H and O–H groups in total. The van der Waals surface area contributed by atoms with Gasteiger partial charge in [-0.3, -0.25) is 10.1 Å². The summed E-state index contributed by atoms with van der Waals surface area (Å²) in [6.07, 6.45) is 4.71. The normalized spacial score (nSPS) is 17.5. The Kier molecular flexibility index (Phi) is 4.93. The van der Waals surface area contributed by atoms with E-state index in [0.717, 1.165) is 24.0 Å². The average molecular weight is 262 g/mol. The Bertz CT molecular complexity index is 428. The van der Waals surface area contributed by atoms with Crippen molar-refractivity contribution in [2.75, 3.05) is 7.11 Å². The lowest BCUT2D eigenvalue weighted by Gasteiger charge is -2.21. The maximum atomic E-state index is 11.7. The van der Waals surface area contributed by atoms with E-state index in [2.05, 4.69) is 5.32 Å². The average Bonchev–Trinajstić information content (AvgIpc) is 2.89. The van der Waals surface area contributed by atoms with E-state index in [1.54, 1.807) is 7.11 Å². The molecule has 104 valence electrons. The Morgan fingerprint density at radius 1 is 1.47 bits per heavy atom. The molecule has 19 heavy (non-hydrogen) atoms. The summed E-state index contributed by atoms with van der Waals surface area (Å²) >= 11 is 0. The lowest BCUT2D eigenvalue weighted by atomic mass is 10.0. The summed E-state index contributed by atoms with van der Waals surface area (Å²) < 4.78 is 5.12. The minimum atomic E-state index is -0.403. The lowest BCUT2D eigenvalue weighted by Crippen LogP contribution is -2.38. The maximum absolute atomic E-state index is 11.7. The number of amides is 1. The van der Waals surface area contributed by atoms with Gasteiger partial charge in [-0.25, -0.2) is 0 Å². The van der Waals surface area contributed by atoms with Gasteiger partial charge in [-0.15, -0.1) is 0 Å². The second-order valence-electron chi connectivity index (χ2n) is 5.16. The van der Waals surface area contributed by atoms with Gasteiger partial charge >= 0.3 is 0 Å². The van der Waals surface area contributed by atoms with Gasteiger partial charge in [0.15, 0.2) is 0 Å². The van der Waals surface area contributed by atoms with Crippen LogP contribution in [-0.2, 0) is 16.1 Å². The van der Waals surface area contributed by atoms with E-state index < -0.39 is 6.04 Å². The van der Waals surface area contributed by atoms with E-state index in [-0.39, 0.29) is 5.91 Å². The van der Waals surface area contributed by atoms with Gasteiger partial charge in [0.2, 0.25) is 5.91 Å². The topological polar surface area (TPSA) is 64.3 Å². The summed E-state index contributed by atoms with van der Waals surface area (Å²) in [7, 11) is 1.66. The molecule has 1 atom stereocenters. The SMILES string of the molecule is COCc1cccc(C(NC2CCCC2)C(N)=O)c1. The fourth-order valence-corrected chi connectivity index (χ4v) is 2.70. The zero-order chi connectivity index (χ0) is 13.7. The number of methoxy groups -OCH3 is 1. The Balaban J connectivity index is 2.13. The summed E-state index contributed by atoms with van der Waals surface area (Å²) in [6.45, 7) is 0.544. The van der Waals surface area contributed by atoms with Gasteiger partial charge in [-0.2, -0.15) is 0 Å². The summed E-state index contributed by atoms with van der Waals surface area (Å²) in [5, 5.41) is 3.39. The molecule has 1 aliphatic carbocycles. The minimum absolute atomic E-state index is 0.318. The number of carbonyl (C=O) groups is 1. The molecule has 1 fully saturated rings. The molecular formula is C15H22N2O2. The first kappa shape index (κ1) is 14.0. The number of nitrogens with one attached hydrogen (secondary N) is 1. The van der Waals surface area contributed by atoms with Crippen molar-refractivity contribution in [3.63, 3.8) is 0 Å². The van der Waals surface area contributed by atoms with E-state index in [1.807, 2.05) is 24.3 Å². The third-order valence-corrected chi connectivity index (χ3v) is 3.64. The van der Waals surface area contributed by atoms with Crippen LogP contribution in [0.25, 0.3) is 0 Å². The third kappa shape index (κ3) is 3.78. The number of rotatable bonds is 6. The lowest BCUT2D eigenvalue weighted by molar-refractivity contribution is -0.120. The highest BCUT2D eigenvalue weighted by molar-refractivity contribution is 5.81. The van der Waals surface area contributed by atoms with Crippen molar-refractivity contribution in [3.05, 3.63) is 35.4 Å². The van der Waals surface area contributed by atoms with Gasteiger partial charge in [0.25, 0.3) is 0 Å². The molecule has 0 saturated heterocycles. The summed E-state index contributed by atoms with van der Waals surface area (Å²) in [6, 6.07) is 7.86. The fourth-order valence-electron chi connectivity index (χ4n) is 2.70. The van der Waals surface area contributed by atoms with Gasteiger partial charge in [-0.1, -0.05) is 37.1 Å². The van der Waals surface area contributed by atoms with E-state index in [1.165, 1.54) is 12.8 Å². The molecule has 0 bridgehead atoms. The fraction of sp³-hybridized carbons (Fsp3) is 0.533. The van der Waals surface area contributed by atoms with Crippen molar-refractivity contribution in [3.8, 4) is 0 Å². The van der Waals surface area contributed by atoms with Crippen LogP contribution in [0.1, 0.15) is 42.9 Å². The van der Waals surface area contributed by atoms with E-state index in [0.29, 0.717) is 12.6 Å². The molecule has 1 aromatic carbocycles. The zero-order valence-electron chi connectivity index (χ0n) is 11.4. The minimum Gasteiger partial charge on any atom is -0.380 e. The summed E-state index contributed by atoms with van der Waals surface area (Å²) in [5.74, 6) is -0.318. The van der Waals surface area contributed by atoms with Crippen molar-refractivity contribution in [2.45, 2.75) is 44.4 Å². The van der Waals surface area contributed by atoms with Crippen LogP contribution in [0, 0.1) is 0 Å². The third-order valence-electron chi connectivity index (χ3n) is 3.64. The van der Waals surface area contributed by atoms with Crippen molar-refractivity contribution in [1.29, 1.82) is 0 Å². The van der Waals surface area contributed by atoms with Crippen LogP contribution in [0.15, 0.2) is 24.3 Å².